The number of imidazole rings is 1. The van der Waals surface area contributed by atoms with E-state index in [1.165, 1.54) is 12.1 Å². The molecule has 100 valence electrons. The Kier molecular flexibility index (Phi) is 3.70. The van der Waals surface area contributed by atoms with Crippen molar-refractivity contribution >= 4 is 11.7 Å². The fraction of sp³-hybridized carbons (Fsp3) is 0.231. The van der Waals surface area contributed by atoms with Gasteiger partial charge in [0.05, 0.1) is 12.1 Å². The normalized spacial score (nSPS) is 10.4. The van der Waals surface area contributed by atoms with Crippen LogP contribution in [0.2, 0.25) is 0 Å². The number of hydrogen-bond acceptors (Lipinski definition) is 4. The number of aromatic carboxylic acids is 1. The SMILES string of the molecule is Cc1nccn1CCOc1ccc(N)c(C(=O)O)c1. The second-order valence-corrected chi connectivity index (χ2v) is 4.07. The van der Waals surface area contributed by atoms with Gasteiger partial charge in [-0.05, 0) is 25.1 Å². The minimum Gasteiger partial charge on any atom is -0.492 e. The smallest absolute Gasteiger partial charge is 0.337 e. The predicted octanol–water partition coefficient (Wildman–Crippen LogP) is 1.55. The molecule has 0 unspecified atom stereocenters. The Bertz CT molecular complexity index is 593. The monoisotopic (exact) mass is 261 g/mol. The molecule has 3 N–H and O–H groups in total. The number of hydrogen-bond donors (Lipinski definition) is 2. The number of carboxylic acids is 1. The van der Waals surface area contributed by atoms with E-state index in [2.05, 4.69) is 4.98 Å². The largest absolute Gasteiger partial charge is 0.492 e. The minimum atomic E-state index is -1.06. The first-order valence-electron chi connectivity index (χ1n) is 5.81. The van der Waals surface area contributed by atoms with Crippen molar-refractivity contribution in [2.24, 2.45) is 0 Å². The molecule has 6 heteroatoms. The number of carboxylic acid groups (broad SMARTS) is 1. The van der Waals surface area contributed by atoms with Crippen molar-refractivity contribution in [3.05, 3.63) is 42.0 Å². The summed E-state index contributed by atoms with van der Waals surface area (Å²) in [5.41, 5.74) is 5.85. The first-order valence-corrected chi connectivity index (χ1v) is 5.81. The Balaban J connectivity index is 1.98. The van der Waals surface area contributed by atoms with E-state index in [9.17, 15) is 4.79 Å². The van der Waals surface area contributed by atoms with Gasteiger partial charge in [-0.2, -0.15) is 0 Å². The highest BCUT2D eigenvalue weighted by molar-refractivity contribution is 5.94. The van der Waals surface area contributed by atoms with Crippen molar-refractivity contribution in [1.29, 1.82) is 0 Å². The second kappa shape index (κ2) is 5.43. The summed E-state index contributed by atoms with van der Waals surface area (Å²) < 4.78 is 7.47. The van der Waals surface area contributed by atoms with Gasteiger partial charge in [-0.3, -0.25) is 0 Å². The van der Waals surface area contributed by atoms with Gasteiger partial charge in [0.1, 0.15) is 18.2 Å². The zero-order valence-corrected chi connectivity index (χ0v) is 10.5. The highest BCUT2D eigenvalue weighted by Gasteiger charge is 2.09. The number of ether oxygens (including phenoxy) is 1. The third-order valence-electron chi connectivity index (χ3n) is 2.78. The Labute approximate surface area is 110 Å². The third kappa shape index (κ3) is 3.04. The number of nitrogens with two attached hydrogens (primary N) is 1. The Morgan fingerprint density at radius 3 is 2.95 bits per heavy atom. The summed E-state index contributed by atoms with van der Waals surface area (Å²) >= 11 is 0. The van der Waals surface area contributed by atoms with Gasteiger partial charge < -0.3 is 20.1 Å². The fourth-order valence-corrected chi connectivity index (χ4v) is 1.71. The van der Waals surface area contributed by atoms with E-state index < -0.39 is 5.97 Å². The lowest BCUT2D eigenvalue weighted by Crippen LogP contribution is -2.09. The van der Waals surface area contributed by atoms with Crippen LogP contribution in [0.4, 0.5) is 5.69 Å². The molecule has 0 aliphatic carbocycles. The number of aryl methyl sites for hydroxylation is 1. The Morgan fingerprint density at radius 2 is 2.32 bits per heavy atom. The molecule has 0 fully saturated rings. The number of nitrogen functional groups attached to an aromatic ring is 1. The van der Waals surface area contributed by atoms with Gasteiger partial charge in [-0.25, -0.2) is 9.78 Å². The van der Waals surface area contributed by atoms with Crippen LogP contribution in [0.5, 0.6) is 5.75 Å². The van der Waals surface area contributed by atoms with Crippen LogP contribution in [-0.4, -0.2) is 27.2 Å². The van der Waals surface area contributed by atoms with Crippen molar-refractivity contribution in [3.8, 4) is 5.75 Å². The van der Waals surface area contributed by atoms with E-state index in [-0.39, 0.29) is 11.3 Å². The molecule has 0 aliphatic heterocycles. The van der Waals surface area contributed by atoms with Gasteiger partial charge in [0.25, 0.3) is 0 Å². The zero-order chi connectivity index (χ0) is 13.8. The molecule has 1 aromatic carbocycles. The van der Waals surface area contributed by atoms with E-state index in [1.54, 1.807) is 12.3 Å². The Hall–Kier alpha value is -2.50. The van der Waals surface area contributed by atoms with Crippen LogP contribution < -0.4 is 10.5 Å². The highest BCUT2D eigenvalue weighted by atomic mass is 16.5. The van der Waals surface area contributed by atoms with Crippen LogP contribution in [0.15, 0.2) is 30.6 Å². The molecule has 19 heavy (non-hydrogen) atoms. The molecule has 1 aromatic heterocycles. The molecule has 0 spiro atoms. The van der Waals surface area contributed by atoms with Crippen LogP contribution in [0.1, 0.15) is 16.2 Å². The molecule has 0 amide bonds. The van der Waals surface area contributed by atoms with E-state index >= 15 is 0 Å². The van der Waals surface area contributed by atoms with Crippen molar-refractivity contribution in [2.45, 2.75) is 13.5 Å². The summed E-state index contributed by atoms with van der Waals surface area (Å²) in [7, 11) is 0. The maximum Gasteiger partial charge on any atom is 0.337 e. The molecule has 2 aromatic rings. The molecule has 0 aliphatic rings. The van der Waals surface area contributed by atoms with E-state index in [0.29, 0.717) is 18.9 Å². The van der Waals surface area contributed by atoms with E-state index in [4.69, 9.17) is 15.6 Å². The molecule has 0 atom stereocenters. The standard InChI is InChI=1S/C13H15N3O3/c1-9-15-4-5-16(9)6-7-19-10-2-3-12(14)11(8-10)13(17)18/h2-5,8H,6-7,14H2,1H3,(H,17,18). The zero-order valence-electron chi connectivity index (χ0n) is 10.5. The average Bonchev–Trinajstić information content (AvgIpc) is 2.77. The van der Waals surface area contributed by atoms with Crippen molar-refractivity contribution < 1.29 is 14.6 Å². The van der Waals surface area contributed by atoms with Crippen molar-refractivity contribution in [1.82, 2.24) is 9.55 Å². The van der Waals surface area contributed by atoms with Gasteiger partial charge in [-0.1, -0.05) is 0 Å². The molecule has 0 radical (unpaired) electrons. The number of nitrogens with zero attached hydrogens (tertiary/aromatic N) is 2. The molecule has 6 nitrogen and oxygen atoms in total. The fourth-order valence-electron chi connectivity index (χ4n) is 1.71. The number of benzene rings is 1. The summed E-state index contributed by atoms with van der Waals surface area (Å²) in [6.45, 7) is 2.99. The van der Waals surface area contributed by atoms with Crippen LogP contribution in [0.25, 0.3) is 0 Å². The lowest BCUT2D eigenvalue weighted by molar-refractivity contribution is 0.0697. The van der Waals surface area contributed by atoms with Gasteiger partial charge >= 0.3 is 5.97 Å². The highest BCUT2D eigenvalue weighted by Crippen LogP contribution is 2.19. The number of carbonyl (C=O) groups is 1. The lowest BCUT2D eigenvalue weighted by Gasteiger charge is -2.09. The molecule has 0 saturated carbocycles. The predicted molar refractivity (Wildman–Crippen MR) is 70.3 cm³/mol. The maximum atomic E-state index is 10.9. The summed E-state index contributed by atoms with van der Waals surface area (Å²) in [6.07, 6.45) is 3.59. The number of aromatic nitrogens is 2. The van der Waals surface area contributed by atoms with Crippen LogP contribution >= 0.6 is 0 Å². The van der Waals surface area contributed by atoms with Crippen LogP contribution in [-0.2, 0) is 6.54 Å². The number of rotatable bonds is 5. The number of anilines is 1. The van der Waals surface area contributed by atoms with Crippen LogP contribution in [0.3, 0.4) is 0 Å². The summed E-state index contributed by atoms with van der Waals surface area (Å²) in [6, 6.07) is 4.61. The topological polar surface area (TPSA) is 90.4 Å². The van der Waals surface area contributed by atoms with E-state index in [1.807, 2.05) is 17.7 Å². The summed E-state index contributed by atoms with van der Waals surface area (Å²) in [5, 5.41) is 8.95. The second-order valence-electron chi connectivity index (χ2n) is 4.07. The van der Waals surface area contributed by atoms with Gasteiger partial charge in [-0.15, -0.1) is 0 Å². The van der Waals surface area contributed by atoms with Gasteiger partial charge in [0.15, 0.2) is 0 Å². The first-order chi connectivity index (χ1) is 9.08. The van der Waals surface area contributed by atoms with Gasteiger partial charge in [0, 0.05) is 18.1 Å². The molecular weight excluding hydrogens is 246 g/mol. The third-order valence-corrected chi connectivity index (χ3v) is 2.78. The lowest BCUT2D eigenvalue weighted by atomic mass is 10.2. The molecule has 2 rings (SSSR count). The minimum absolute atomic E-state index is 0.0521. The van der Waals surface area contributed by atoms with Crippen molar-refractivity contribution in [3.63, 3.8) is 0 Å². The summed E-state index contributed by atoms with van der Waals surface area (Å²) in [5.74, 6) is 0.338. The first kappa shape index (κ1) is 12.9. The molecule has 1 heterocycles. The Morgan fingerprint density at radius 1 is 1.53 bits per heavy atom. The quantitative estimate of drug-likeness (QED) is 0.797. The van der Waals surface area contributed by atoms with Crippen molar-refractivity contribution in [2.75, 3.05) is 12.3 Å². The average molecular weight is 261 g/mol. The van der Waals surface area contributed by atoms with Crippen LogP contribution in [0, 0.1) is 6.92 Å². The molecular formula is C13H15N3O3. The summed E-state index contributed by atoms with van der Waals surface area (Å²) in [4.78, 5) is 15.0. The van der Waals surface area contributed by atoms with Gasteiger partial charge in [0.2, 0.25) is 0 Å². The molecule has 0 saturated heterocycles. The maximum absolute atomic E-state index is 10.9. The van der Waals surface area contributed by atoms with E-state index in [0.717, 1.165) is 5.82 Å². The molecule has 0 bridgehead atoms.